The van der Waals surface area contributed by atoms with Crippen LogP contribution in [0.2, 0.25) is 0 Å². The molecule has 108 valence electrons. The molecule has 0 fully saturated rings. The highest BCUT2D eigenvalue weighted by Gasteiger charge is 2.23. The van der Waals surface area contributed by atoms with Gasteiger partial charge in [0, 0.05) is 23.7 Å². The predicted octanol–water partition coefficient (Wildman–Crippen LogP) is 2.47. The first-order chi connectivity index (χ1) is 10.1. The third-order valence-corrected chi connectivity index (χ3v) is 3.60. The number of hydrogen-bond acceptors (Lipinski definition) is 3. The lowest BCUT2D eigenvalue weighted by Crippen LogP contribution is -2.32. The molecule has 1 aromatic heterocycles. The number of aromatic nitrogens is 1. The molecule has 1 amide bonds. The fourth-order valence-corrected chi connectivity index (χ4v) is 2.46. The van der Waals surface area contributed by atoms with Gasteiger partial charge in [0.15, 0.2) is 5.78 Å². The number of benzene rings is 1. The number of carbonyl (C=O) groups is 2. The summed E-state index contributed by atoms with van der Waals surface area (Å²) in [6.45, 7) is 2.05. The second-order valence-corrected chi connectivity index (χ2v) is 5.06. The fourth-order valence-electron chi connectivity index (χ4n) is 2.46. The Balaban J connectivity index is 1.77. The Morgan fingerprint density at radius 3 is 2.90 bits per heavy atom. The van der Waals surface area contributed by atoms with Crippen LogP contribution in [-0.4, -0.2) is 23.3 Å². The van der Waals surface area contributed by atoms with E-state index in [4.69, 9.17) is 4.74 Å². The molecule has 2 N–H and O–H groups in total. The third-order valence-electron chi connectivity index (χ3n) is 3.60. The number of fused-ring (bicyclic) bond motifs is 1. The Kier molecular flexibility index (Phi) is 3.48. The quantitative estimate of drug-likeness (QED) is 0.851. The summed E-state index contributed by atoms with van der Waals surface area (Å²) in [5.74, 6) is 0.524. The number of carbonyl (C=O) groups excluding carboxylic acids is 2. The van der Waals surface area contributed by atoms with E-state index in [1.54, 1.807) is 12.3 Å². The number of Topliss-reactive ketones (excluding diaryl/α,β-unsaturated/α-hetero) is 1. The molecule has 0 aliphatic carbocycles. The van der Waals surface area contributed by atoms with Crippen LogP contribution in [0.25, 0.3) is 0 Å². The largest absolute Gasteiger partial charge is 0.493 e. The van der Waals surface area contributed by atoms with Gasteiger partial charge in [-0.2, -0.15) is 0 Å². The lowest BCUT2D eigenvalue weighted by atomic mass is 10.0. The number of ketones is 1. The van der Waals surface area contributed by atoms with E-state index in [0.717, 1.165) is 17.7 Å². The van der Waals surface area contributed by atoms with Crippen LogP contribution < -0.4 is 10.1 Å². The molecule has 2 heterocycles. The van der Waals surface area contributed by atoms with Crippen LogP contribution in [-0.2, 0) is 0 Å². The SMILES string of the molecule is CC(=O)c1c[nH]c(C(=O)NC2CCOc3ccccc32)c1. The molecule has 0 saturated heterocycles. The van der Waals surface area contributed by atoms with Crippen LogP contribution in [0.1, 0.15) is 45.8 Å². The van der Waals surface area contributed by atoms with E-state index in [1.165, 1.54) is 6.92 Å². The molecule has 1 aliphatic rings. The highest BCUT2D eigenvalue weighted by atomic mass is 16.5. The van der Waals surface area contributed by atoms with Gasteiger partial charge in [-0.15, -0.1) is 0 Å². The van der Waals surface area contributed by atoms with E-state index < -0.39 is 0 Å². The van der Waals surface area contributed by atoms with Crippen molar-refractivity contribution in [1.29, 1.82) is 0 Å². The van der Waals surface area contributed by atoms with Crippen LogP contribution in [0.15, 0.2) is 36.5 Å². The summed E-state index contributed by atoms with van der Waals surface area (Å²) in [6.07, 6.45) is 2.28. The standard InChI is InChI=1S/C16H16N2O3/c1-10(19)11-8-14(17-9-11)16(20)18-13-6-7-21-15-5-3-2-4-12(13)15/h2-5,8-9,13,17H,6-7H2,1H3,(H,18,20). The van der Waals surface area contributed by atoms with E-state index in [1.807, 2.05) is 24.3 Å². The molecule has 2 aromatic rings. The average molecular weight is 284 g/mol. The molecule has 1 atom stereocenters. The summed E-state index contributed by atoms with van der Waals surface area (Å²) in [7, 11) is 0. The van der Waals surface area contributed by atoms with Crippen LogP contribution in [0.4, 0.5) is 0 Å². The van der Waals surface area contributed by atoms with Gasteiger partial charge in [-0.1, -0.05) is 18.2 Å². The summed E-state index contributed by atoms with van der Waals surface area (Å²) < 4.78 is 5.57. The maximum atomic E-state index is 12.3. The predicted molar refractivity (Wildman–Crippen MR) is 77.6 cm³/mol. The maximum absolute atomic E-state index is 12.3. The Morgan fingerprint density at radius 2 is 2.14 bits per heavy atom. The minimum absolute atomic E-state index is 0.0679. The molecule has 0 saturated carbocycles. The van der Waals surface area contributed by atoms with Gasteiger partial charge < -0.3 is 15.0 Å². The molecular formula is C16H16N2O3. The normalized spacial score (nSPS) is 16.7. The minimum atomic E-state index is -0.218. The van der Waals surface area contributed by atoms with Crippen molar-refractivity contribution >= 4 is 11.7 Å². The molecule has 5 heteroatoms. The van der Waals surface area contributed by atoms with Crippen molar-refractivity contribution in [3.8, 4) is 5.75 Å². The molecule has 1 aliphatic heterocycles. The number of aromatic amines is 1. The topological polar surface area (TPSA) is 71.2 Å². The number of H-pyrrole nitrogens is 1. The minimum Gasteiger partial charge on any atom is -0.493 e. The monoisotopic (exact) mass is 284 g/mol. The second-order valence-electron chi connectivity index (χ2n) is 5.06. The molecule has 0 bridgehead atoms. The second kappa shape index (κ2) is 5.44. The lowest BCUT2D eigenvalue weighted by Gasteiger charge is -2.26. The van der Waals surface area contributed by atoms with Crippen LogP contribution in [0.3, 0.4) is 0 Å². The highest BCUT2D eigenvalue weighted by molar-refractivity contribution is 5.99. The number of rotatable bonds is 3. The Morgan fingerprint density at radius 1 is 1.33 bits per heavy atom. The Hall–Kier alpha value is -2.56. The van der Waals surface area contributed by atoms with Crippen molar-refractivity contribution < 1.29 is 14.3 Å². The van der Waals surface area contributed by atoms with Gasteiger partial charge in [-0.25, -0.2) is 0 Å². The number of hydrogen-bond donors (Lipinski definition) is 2. The number of nitrogens with one attached hydrogen (secondary N) is 2. The highest BCUT2D eigenvalue weighted by Crippen LogP contribution is 2.31. The third kappa shape index (κ3) is 2.67. The molecular weight excluding hydrogens is 268 g/mol. The first kappa shape index (κ1) is 13.4. The van der Waals surface area contributed by atoms with E-state index in [0.29, 0.717) is 17.9 Å². The van der Waals surface area contributed by atoms with Crippen molar-refractivity contribution in [2.24, 2.45) is 0 Å². The summed E-state index contributed by atoms with van der Waals surface area (Å²) in [5.41, 5.74) is 1.88. The molecule has 5 nitrogen and oxygen atoms in total. The zero-order valence-corrected chi connectivity index (χ0v) is 11.7. The molecule has 1 aromatic carbocycles. The van der Waals surface area contributed by atoms with Crippen LogP contribution >= 0.6 is 0 Å². The van der Waals surface area contributed by atoms with Gasteiger partial charge in [-0.3, -0.25) is 9.59 Å². The van der Waals surface area contributed by atoms with Gasteiger partial charge in [0.05, 0.1) is 12.6 Å². The van der Waals surface area contributed by atoms with Gasteiger partial charge >= 0.3 is 0 Å². The molecule has 1 unspecified atom stereocenters. The van der Waals surface area contributed by atoms with E-state index in [9.17, 15) is 9.59 Å². The zero-order chi connectivity index (χ0) is 14.8. The summed E-state index contributed by atoms with van der Waals surface area (Å²) in [5, 5.41) is 2.98. The van der Waals surface area contributed by atoms with Crippen molar-refractivity contribution in [2.45, 2.75) is 19.4 Å². The molecule has 0 radical (unpaired) electrons. The maximum Gasteiger partial charge on any atom is 0.268 e. The van der Waals surface area contributed by atoms with Gasteiger partial charge in [0.25, 0.3) is 5.91 Å². The van der Waals surface area contributed by atoms with Crippen LogP contribution in [0, 0.1) is 0 Å². The first-order valence-electron chi connectivity index (χ1n) is 6.87. The van der Waals surface area contributed by atoms with E-state index in [2.05, 4.69) is 10.3 Å². The summed E-state index contributed by atoms with van der Waals surface area (Å²) in [4.78, 5) is 26.4. The Labute approximate surface area is 122 Å². The van der Waals surface area contributed by atoms with Crippen molar-refractivity contribution in [3.63, 3.8) is 0 Å². The van der Waals surface area contributed by atoms with Crippen LogP contribution in [0.5, 0.6) is 5.75 Å². The molecule has 3 rings (SSSR count). The van der Waals surface area contributed by atoms with Gasteiger partial charge in [0.1, 0.15) is 11.4 Å². The fraction of sp³-hybridized carbons (Fsp3) is 0.250. The lowest BCUT2D eigenvalue weighted by molar-refractivity contribution is 0.0920. The Bertz CT molecular complexity index is 690. The molecule has 21 heavy (non-hydrogen) atoms. The van der Waals surface area contributed by atoms with Crippen molar-refractivity contribution in [3.05, 3.63) is 53.3 Å². The van der Waals surface area contributed by atoms with Crippen molar-refractivity contribution in [2.75, 3.05) is 6.61 Å². The smallest absolute Gasteiger partial charge is 0.268 e. The number of para-hydroxylation sites is 1. The summed E-state index contributed by atoms with van der Waals surface area (Å²) >= 11 is 0. The number of ether oxygens (including phenoxy) is 1. The van der Waals surface area contributed by atoms with E-state index in [-0.39, 0.29) is 17.7 Å². The van der Waals surface area contributed by atoms with Gasteiger partial charge in [-0.05, 0) is 19.1 Å². The first-order valence-corrected chi connectivity index (χ1v) is 6.87. The number of amides is 1. The molecule has 0 spiro atoms. The van der Waals surface area contributed by atoms with Crippen molar-refractivity contribution in [1.82, 2.24) is 10.3 Å². The van der Waals surface area contributed by atoms with E-state index >= 15 is 0 Å². The average Bonchev–Trinajstić information content (AvgIpc) is 2.98. The summed E-state index contributed by atoms with van der Waals surface area (Å²) in [6, 6.07) is 9.18. The zero-order valence-electron chi connectivity index (χ0n) is 11.7. The van der Waals surface area contributed by atoms with Gasteiger partial charge in [0.2, 0.25) is 0 Å².